The number of nitrogens with one attached hydrogen (secondary N) is 5. The second kappa shape index (κ2) is 18.8. The fourth-order valence-corrected chi connectivity index (χ4v) is 5.38. The van der Waals surface area contributed by atoms with E-state index in [2.05, 4.69) is 38.9 Å². The Bertz CT molecular complexity index is 1530. The molecule has 14 heteroatoms. The third-order valence-corrected chi connectivity index (χ3v) is 8.37. The van der Waals surface area contributed by atoms with Gasteiger partial charge in [0.05, 0.1) is 12.1 Å². The summed E-state index contributed by atoms with van der Waals surface area (Å²) in [4.78, 5) is 68.4. The quantitative estimate of drug-likeness (QED) is 0.0500. The summed E-state index contributed by atoms with van der Waals surface area (Å²) in [5.74, 6) is -2.50. The van der Waals surface area contributed by atoms with E-state index in [1.807, 2.05) is 24.3 Å². The maximum absolute atomic E-state index is 13.9. The Morgan fingerprint density at radius 1 is 0.875 bits per heavy atom. The van der Waals surface area contributed by atoms with Crippen LogP contribution in [0.3, 0.4) is 0 Å². The number of hydrogen-bond donors (Lipinski definition) is 9. The molecule has 0 bridgehead atoms. The van der Waals surface area contributed by atoms with Crippen molar-refractivity contribution in [3.8, 4) is 5.75 Å². The van der Waals surface area contributed by atoms with Gasteiger partial charge in [-0.25, -0.2) is 0 Å². The molecule has 1 aromatic heterocycles. The van der Waals surface area contributed by atoms with Crippen molar-refractivity contribution in [3.05, 3.63) is 65.9 Å². The van der Waals surface area contributed by atoms with Crippen molar-refractivity contribution in [2.24, 2.45) is 17.4 Å². The summed E-state index contributed by atoms with van der Waals surface area (Å²) in [7, 11) is 0. The smallest absolute Gasteiger partial charge is 0.243 e. The van der Waals surface area contributed by atoms with Crippen LogP contribution in [0.2, 0.25) is 0 Å². The number of carbonyl (C=O) groups excluding carboxylic acids is 5. The maximum atomic E-state index is 13.9. The summed E-state index contributed by atoms with van der Waals surface area (Å²) in [6, 6.07) is 8.86. The monoisotopic (exact) mass is 681 g/mol. The molecule has 5 atom stereocenters. The number of hydrogen-bond acceptors (Lipinski definition) is 9. The highest BCUT2D eigenvalue weighted by molar-refractivity contribution is 7.80. The number of amides is 4. The van der Waals surface area contributed by atoms with Crippen LogP contribution in [0.15, 0.2) is 54.7 Å². The predicted octanol–water partition coefficient (Wildman–Crippen LogP) is 0.839. The van der Waals surface area contributed by atoms with Gasteiger partial charge in [-0.05, 0) is 67.5 Å². The van der Waals surface area contributed by atoms with Crippen molar-refractivity contribution in [3.63, 3.8) is 0 Å². The lowest BCUT2D eigenvalue weighted by Crippen LogP contribution is -2.59. The number of aldehydes is 1. The number of para-hydroxylation sites is 1. The van der Waals surface area contributed by atoms with E-state index < -0.39 is 53.8 Å². The number of aromatic amines is 1. The summed E-state index contributed by atoms with van der Waals surface area (Å²) in [5.41, 5.74) is 14.3. The molecule has 4 amide bonds. The van der Waals surface area contributed by atoms with Crippen LogP contribution in [-0.2, 0) is 36.8 Å². The summed E-state index contributed by atoms with van der Waals surface area (Å²) in [6.45, 7) is 3.88. The Hall–Kier alpha value is -4.40. The molecule has 0 saturated carbocycles. The normalized spacial score (nSPS) is 14.4. The molecule has 10 N–H and O–H groups in total. The van der Waals surface area contributed by atoms with Crippen molar-refractivity contribution in [1.29, 1.82) is 0 Å². The van der Waals surface area contributed by atoms with Gasteiger partial charge in [-0.2, -0.15) is 12.6 Å². The first kappa shape index (κ1) is 38.1. The summed E-state index contributed by atoms with van der Waals surface area (Å²) < 4.78 is 0. The topological polar surface area (TPSA) is 222 Å². The second-order valence-electron chi connectivity index (χ2n) is 12.1. The number of aromatic hydroxyl groups is 1. The first-order valence-electron chi connectivity index (χ1n) is 16.0. The Morgan fingerprint density at radius 2 is 1.54 bits per heavy atom. The highest BCUT2D eigenvalue weighted by Crippen LogP contribution is 2.20. The number of phenolic OH excluding ortho intramolecular Hbond substituents is 1. The molecule has 260 valence electrons. The van der Waals surface area contributed by atoms with Crippen LogP contribution < -0.4 is 32.7 Å². The first-order valence-corrected chi connectivity index (χ1v) is 16.7. The van der Waals surface area contributed by atoms with Crippen LogP contribution in [-0.4, -0.2) is 82.5 Å². The molecule has 0 radical (unpaired) electrons. The molecule has 0 aliphatic carbocycles. The number of rotatable bonds is 19. The zero-order valence-electron chi connectivity index (χ0n) is 27.3. The van der Waals surface area contributed by atoms with Crippen LogP contribution >= 0.6 is 12.6 Å². The van der Waals surface area contributed by atoms with Gasteiger partial charge in [-0.3, -0.25) is 19.2 Å². The minimum absolute atomic E-state index is 0.0838. The molecular weight excluding hydrogens is 634 g/mol. The number of H-pyrrole nitrogens is 1. The fourth-order valence-electron chi connectivity index (χ4n) is 5.21. The van der Waals surface area contributed by atoms with Crippen LogP contribution in [0.4, 0.5) is 0 Å². The molecule has 1 heterocycles. The average molecular weight is 682 g/mol. The lowest BCUT2D eigenvalue weighted by Gasteiger charge is -2.27. The van der Waals surface area contributed by atoms with Crippen molar-refractivity contribution in [1.82, 2.24) is 26.3 Å². The average Bonchev–Trinajstić information content (AvgIpc) is 3.48. The number of aromatic nitrogens is 1. The molecular formula is C34H47N7O6S. The Kier molecular flexibility index (Phi) is 14.9. The van der Waals surface area contributed by atoms with Crippen LogP contribution in [0.1, 0.15) is 44.2 Å². The third kappa shape index (κ3) is 11.1. The van der Waals surface area contributed by atoms with Gasteiger partial charge in [0.2, 0.25) is 23.6 Å². The molecule has 3 rings (SSSR count). The van der Waals surface area contributed by atoms with E-state index in [1.165, 1.54) is 12.1 Å². The summed E-state index contributed by atoms with van der Waals surface area (Å²) in [5, 5.41) is 21.3. The summed E-state index contributed by atoms with van der Waals surface area (Å²) >= 11 is 4.07. The predicted molar refractivity (Wildman–Crippen MR) is 187 cm³/mol. The standard InChI is InChI=1S/C34H47N7O6S/c1-20(2)30(34(47)38-23(18-42)19-48)41-32(45)28(9-5-6-14-35)39-33(46)29(16-22-17-37-27-8-4-3-7-25(22)27)40-31(44)26(36)15-21-10-12-24(43)13-11-21/h3-4,7-8,10-13,17-18,20,23,26,28-30,37,43,48H,5-6,9,14-16,19,35-36H2,1-2H3,(H,38,47)(H,39,46)(H,40,44)(H,41,45)/t23-,26+,28+,29-,30+/m1/s1. The first-order chi connectivity index (χ1) is 23.0. The van der Waals surface area contributed by atoms with Crippen LogP contribution in [0.25, 0.3) is 10.9 Å². The lowest BCUT2D eigenvalue weighted by atomic mass is 10.00. The highest BCUT2D eigenvalue weighted by atomic mass is 32.1. The summed E-state index contributed by atoms with van der Waals surface area (Å²) in [6.07, 6.45) is 3.92. The van der Waals surface area contributed by atoms with Gasteiger partial charge in [-0.1, -0.05) is 44.2 Å². The Balaban J connectivity index is 1.84. The van der Waals surface area contributed by atoms with Gasteiger partial charge in [-0.15, -0.1) is 0 Å². The van der Waals surface area contributed by atoms with E-state index in [0.29, 0.717) is 25.7 Å². The lowest BCUT2D eigenvalue weighted by molar-refractivity contribution is -0.134. The van der Waals surface area contributed by atoms with Crippen LogP contribution in [0.5, 0.6) is 5.75 Å². The van der Waals surface area contributed by atoms with E-state index >= 15 is 0 Å². The molecule has 0 aliphatic rings. The largest absolute Gasteiger partial charge is 0.508 e. The van der Waals surface area contributed by atoms with Gasteiger partial charge >= 0.3 is 0 Å². The Labute approximate surface area is 285 Å². The van der Waals surface area contributed by atoms with E-state index in [-0.39, 0.29) is 36.7 Å². The molecule has 0 spiro atoms. The number of nitrogens with two attached hydrogens (primary N) is 2. The zero-order valence-corrected chi connectivity index (χ0v) is 28.2. The Morgan fingerprint density at radius 3 is 2.19 bits per heavy atom. The number of phenols is 1. The maximum Gasteiger partial charge on any atom is 0.243 e. The van der Waals surface area contributed by atoms with E-state index in [4.69, 9.17) is 11.5 Å². The van der Waals surface area contributed by atoms with E-state index in [0.717, 1.165) is 22.0 Å². The van der Waals surface area contributed by atoms with Gasteiger partial charge < -0.3 is 47.6 Å². The number of thiol groups is 1. The molecule has 0 saturated heterocycles. The fraction of sp³-hybridized carbons (Fsp3) is 0.441. The van der Waals surface area contributed by atoms with Crippen LogP contribution in [0, 0.1) is 5.92 Å². The molecule has 3 aromatic rings. The number of carbonyl (C=O) groups is 5. The molecule has 13 nitrogen and oxygen atoms in total. The van der Waals surface area contributed by atoms with Gasteiger partial charge in [0.15, 0.2) is 0 Å². The number of unbranched alkanes of at least 4 members (excludes halogenated alkanes) is 1. The van der Waals surface area contributed by atoms with Gasteiger partial charge in [0, 0.05) is 29.3 Å². The van der Waals surface area contributed by atoms with Crippen molar-refractivity contribution in [2.75, 3.05) is 12.3 Å². The molecule has 0 fully saturated rings. The highest BCUT2D eigenvalue weighted by Gasteiger charge is 2.32. The van der Waals surface area contributed by atoms with E-state index in [9.17, 15) is 29.1 Å². The number of benzene rings is 2. The second-order valence-corrected chi connectivity index (χ2v) is 12.5. The zero-order chi connectivity index (χ0) is 35.2. The third-order valence-electron chi connectivity index (χ3n) is 7.98. The molecule has 2 aromatic carbocycles. The van der Waals surface area contributed by atoms with Crippen molar-refractivity contribution >= 4 is 53.4 Å². The minimum Gasteiger partial charge on any atom is -0.508 e. The van der Waals surface area contributed by atoms with E-state index in [1.54, 1.807) is 32.2 Å². The number of fused-ring (bicyclic) bond motifs is 1. The molecule has 0 unspecified atom stereocenters. The molecule has 48 heavy (non-hydrogen) atoms. The molecule has 0 aliphatic heterocycles. The SMILES string of the molecule is CC(C)[C@H](NC(=O)[C@H](CCCCN)NC(=O)[C@@H](Cc1c[nH]c2ccccc12)NC(=O)[C@@H](N)Cc1ccc(O)cc1)C(=O)N[C@H](C=O)CS. The van der Waals surface area contributed by atoms with Crippen molar-refractivity contribution < 1.29 is 29.1 Å². The van der Waals surface area contributed by atoms with Crippen molar-refractivity contribution in [2.45, 2.75) is 76.2 Å². The minimum atomic E-state index is -1.11. The van der Waals surface area contributed by atoms with Gasteiger partial charge in [0.1, 0.15) is 30.2 Å². The van der Waals surface area contributed by atoms with Gasteiger partial charge in [0.25, 0.3) is 0 Å².